The van der Waals surface area contributed by atoms with Gasteiger partial charge in [-0.25, -0.2) is 0 Å². The Bertz CT molecular complexity index is 397. The van der Waals surface area contributed by atoms with Gasteiger partial charge in [0.25, 0.3) is 0 Å². The number of amidine groups is 1. The molecule has 0 atom stereocenters. The highest BCUT2D eigenvalue weighted by molar-refractivity contribution is 9.10. The molecule has 1 aromatic carbocycles. The summed E-state index contributed by atoms with van der Waals surface area (Å²) < 4.78 is 1.06. The van der Waals surface area contributed by atoms with Crippen molar-refractivity contribution in [3.05, 3.63) is 39.7 Å². The minimum atomic E-state index is 0.533. The van der Waals surface area contributed by atoms with Crippen LogP contribution in [-0.4, -0.2) is 5.17 Å². The molecule has 0 aromatic heterocycles. The van der Waals surface area contributed by atoms with Gasteiger partial charge in [0.2, 0.25) is 0 Å². The zero-order valence-corrected chi connectivity index (χ0v) is 9.60. The maximum absolute atomic E-state index is 5.50. The molecule has 14 heavy (non-hydrogen) atoms. The van der Waals surface area contributed by atoms with E-state index in [0.29, 0.717) is 5.17 Å². The van der Waals surface area contributed by atoms with Crippen LogP contribution in [0.2, 0.25) is 0 Å². The van der Waals surface area contributed by atoms with Crippen molar-refractivity contribution in [3.63, 3.8) is 0 Å². The van der Waals surface area contributed by atoms with Crippen molar-refractivity contribution in [2.24, 2.45) is 10.8 Å². The van der Waals surface area contributed by atoms with E-state index in [-0.39, 0.29) is 0 Å². The average molecular weight is 270 g/mol. The Morgan fingerprint density at radius 3 is 2.57 bits per heavy atom. The van der Waals surface area contributed by atoms with Crippen molar-refractivity contribution in [2.75, 3.05) is 0 Å². The molecular formula is C9H8BrN3S. The summed E-state index contributed by atoms with van der Waals surface area (Å²) >= 11 is 4.80. The maximum atomic E-state index is 5.50. The molecule has 0 aliphatic carbocycles. The van der Waals surface area contributed by atoms with Gasteiger partial charge in [0.15, 0.2) is 5.17 Å². The number of hydrogen-bond donors (Lipinski definition) is 2. The summed E-state index contributed by atoms with van der Waals surface area (Å²) in [6.07, 6.45) is 0. The van der Waals surface area contributed by atoms with E-state index in [1.807, 2.05) is 29.7 Å². The number of nitrogens with zero attached hydrogens (tertiary/aromatic N) is 1. The Labute approximate surface area is 94.6 Å². The first kappa shape index (κ1) is 9.61. The summed E-state index contributed by atoms with van der Waals surface area (Å²) in [7, 11) is 0. The molecule has 1 aromatic rings. The van der Waals surface area contributed by atoms with E-state index >= 15 is 0 Å². The molecule has 0 saturated heterocycles. The number of benzene rings is 1. The van der Waals surface area contributed by atoms with Crippen molar-refractivity contribution >= 4 is 38.6 Å². The van der Waals surface area contributed by atoms with Gasteiger partial charge in [-0.15, -0.1) is 0 Å². The second-order valence-electron chi connectivity index (χ2n) is 2.72. The highest BCUT2D eigenvalue weighted by Crippen LogP contribution is 2.21. The standard InChI is InChI=1S/C9H8BrN3S/c10-7-3-1-6(2-4-7)8-5-14-9(11)13-12-8/h1-5,12H,(H2,11,13). The summed E-state index contributed by atoms with van der Waals surface area (Å²) in [5.41, 5.74) is 10.5. The predicted octanol–water partition coefficient (Wildman–Crippen LogP) is 2.31. The third-order valence-electron chi connectivity index (χ3n) is 1.74. The summed E-state index contributed by atoms with van der Waals surface area (Å²) in [6, 6.07) is 8.01. The molecule has 72 valence electrons. The van der Waals surface area contributed by atoms with Gasteiger partial charge >= 0.3 is 0 Å². The number of hydrazone groups is 1. The smallest absolute Gasteiger partial charge is 0.182 e. The fourth-order valence-electron chi connectivity index (χ4n) is 1.05. The lowest BCUT2D eigenvalue weighted by Gasteiger charge is -2.11. The van der Waals surface area contributed by atoms with Gasteiger partial charge in [0.05, 0.1) is 5.70 Å². The lowest BCUT2D eigenvalue weighted by Crippen LogP contribution is -2.17. The summed E-state index contributed by atoms with van der Waals surface area (Å²) in [5.74, 6) is 0. The fourth-order valence-corrected chi connectivity index (χ4v) is 1.84. The molecule has 2 rings (SSSR count). The van der Waals surface area contributed by atoms with E-state index in [2.05, 4.69) is 26.5 Å². The molecule has 0 unspecified atom stereocenters. The van der Waals surface area contributed by atoms with E-state index in [1.54, 1.807) is 0 Å². The Balaban J connectivity index is 2.21. The fraction of sp³-hybridized carbons (Fsp3) is 0. The molecule has 5 heteroatoms. The first-order valence-electron chi connectivity index (χ1n) is 3.97. The summed E-state index contributed by atoms with van der Waals surface area (Å²) in [5, 5.41) is 6.42. The van der Waals surface area contributed by atoms with Crippen molar-refractivity contribution in [3.8, 4) is 0 Å². The first-order valence-corrected chi connectivity index (χ1v) is 5.65. The third kappa shape index (κ3) is 2.10. The molecule has 1 heterocycles. The Kier molecular flexibility index (Phi) is 2.79. The summed E-state index contributed by atoms with van der Waals surface area (Å²) in [6.45, 7) is 0. The van der Waals surface area contributed by atoms with Crippen molar-refractivity contribution in [2.45, 2.75) is 0 Å². The van der Waals surface area contributed by atoms with Crippen LogP contribution in [0.1, 0.15) is 5.56 Å². The van der Waals surface area contributed by atoms with Crippen LogP contribution in [-0.2, 0) is 0 Å². The lowest BCUT2D eigenvalue weighted by atomic mass is 10.2. The van der Waals surface area contributed by atoms with Crippen LogP contribution >= 0.6 is 27.7 Å². The van der Waals surface area contributed by atoms with Gasteiger partial charge in [-0.2, -0.15) is 5.10 Å². The highest BCUT2D eigenvalue weighted by atomic mass is 79.9. The van der Waals surface area contributed by atoms with Crippen molar-refractivity contribution < 1.29 is 0 Å². The van der Waals surface area contributed by atoms with E-state index in [4.69, 9.17) is 5.73 Å². The predicted molar refractivity (Wildman–Crippen MR) is 64.5 cm³/mol. The summed E-state index contributed by atoms with van der Waals surface area (Å²) in [4.78, 5) is 0. The zero-order chi connectivity index (χ0) is 9.97. The van der Waals surface area contributed by atoms with Gasteiger partial charge in [0.1, 0.15) is 0 Å². The molecule has 1 aliphatic heterocycles. The first-order chi connectivity index (χ1) is 6.75. The molecule has 0 spiro atoms. The molecule has 1 aliphatic rings. The number of halogens is 1. The van der Waals surface area contributed by atoms with Crippen LogP contribution in [0, 0.1) is 0 Å². The molecule has 0 amide bonds. The minimum Gasteiger partial charge on any atom is -0.377 e. The molecule has 3 N–H and O–H groups in total. The molecule has 0 fully saturated rings. The maximum Gasteiger partial charge on any atom is 0.182 e. The largest absolute Gasteiger partial charge is 0.377 e. The van der Waals surface area contributed by atoms with Gasteiger partial charge in [-0.3, -0.25) is 5.43 Å². The van der Waals surface area contributed by atoms with E-state index < -0.39 is 0 Å². The van der Waals surface area contributed by atoms with E-state index in [0.717, 1.165) is 15.7 Å². The molecule has 0 radical (unpaired) electrons. The zero-order valence-electron chi connectivity index (χ0n) is 7.20. The number of hydrogen-bond acceptors (Lipinski definition) is 4. The Morgan fingerprint density at radius 2 is 2.00 bits per heavy atom. The van der Waals surface area contributed by atoms with Crippen LogP contribution in [0.15, 0.2) is 39.2 Å². The van der Waals surface area contributed by atoms with Gasteiger partial charge in [-0.05, 0) is 12.1 Å². The lowest BCUT2D eigenvalue weighted by molar-refractivity contribution is 0.992. The van der Waals surface area contributed by atoms with Gasteiger partial charge < -0.3 is 5.73 Å². The van der Waals surface area contributed by atoms with Crippen molar-refractivity contribution in [1.29, 1.82) is 0 Å². The van der Waals surface area contributed by atoms with Crippen LogP contribution in [0.3, 0.4) is 0 Å². The molecule has 0 bridgehead atoms. The number of nitrogens with two attached hydrogens (primary N) is 1. The highest BCUT2D eigenvalue weighted by Gasteiger charge is 2.05. The minimum absolute atomic E-state index is 0.533. The molecular weight excluding hydrogens is 262 g/mol. The number of nitrogens with one attached hydrogen (secondary N) is 1. The number of rotatable bonds is 1. The van der Waals surface area contributed by atoms with Crippen LogP contribution in [0.25, 0.3) is 5.70 Å². The second-order valence-corrected chi connectivity index (χ2v) is 4.52. The molecule has 3 nitrogen and oxygen atoms in total. The van der Waals surface area contributed by atoms with Crippen LogP contribution < -0.4 is 11.2 Å². The van der Waals surface area contributed by atoms with Crippen LogP contribution in [0.4, 0.5) is 0 Å². The van der Waals surface area contributed by atoms with Crippen LogP contribution in [0.5, 0.6) is 0 Å². The average Bonchev–Trinajstić information content (AvgIpc) is 2.21. The monoisotopic (exact) mass is 269 g/mol. The van der Waals surface area contributed by atoms with Gasteiger partial charge in [0, 0.05) is 15.4 Å². The Hall–Kier alpha value is -0.940. The quantitative estimate of drug-likeness (QED) is 0.823. The SMILES string of the molecule is NC1=NNC(c2ccc(Br)cc2)=CS1. The van der Waals surface area contributed by atoms with E-state index in [9.17, 15) is 0 Å². The van der Waals surface area contributed by atoms with E-state index in [1.165, 1.54) is 11.8 Å². The third-order valence-corrected chi connectivity index (χ3v) is 2.95. The van der Waals surface area contributed by atoms with Crippen molar-refractivity contribution in [1.82, 2.24) is 5.43 Å². The molecule has 0 saturated carbocycles. The second kappa shape index (κ2) is 4.06. The normalized spacial score (nSPS) is 15.5. The topological polar surface area (TPSA) is 50.4 Å². The number of thioether (sulfide) groups is 1. The van der Waals surface area contributed by atoms with Gasteiger partial charge in [-0.1, -0.05) is 39.8 Å². The Morgan fingerprint density at radius 1 is 1.29 bits per heavy atom.